The van der Waals surface area contributed by atoms with Crippen LogP contribution in [0.4, 0.5) is 5.82 Å². The number of nitrogens with zero attached hydrogens (tertiary/aromatic N) is 3. The van der Waals surface area contributed by atoms with E-state index in [2.05, 4.69) is 27.6 Å². The Morgan fingerprint density at radius 1 is 1.08 bits per heavy atom. The quantitative estimate of drug-likeness (QED) is 0.239. The number of hydrogen-bond donors (Lipinski definition) is 2. The molecule has 4 rings (SSSR count). The molecule has 0 spiro atoms. The van der Waals surface area contributed by atoms with Gasteiger partial charge in [0.15, 0.2) is 5.82 Å². The van der Waals surface area contributed by atoms with E-state index < -0.39 is 10.0 Å². The lowest BCUT2D eigenvalue weighted by Crippen LogP contribution is -2.25. The Balaban J connectivity index is 1.54. The minimum Gasteiger partial charge on any atom is -0.495 e. The summed E-state index contributed by atoms with van der Waals surface area (Å²) < 4.78 is 35.8. The predicted octanol–water partition coefficient (Wildman–Crippen LogP) is 5.39. The van der Waals surface area contributed by atoms with E-state index in [1.807, 2.05) is 25.2 Å². The summed E-state index contributed by atoms with van der Waals surface area (Å²) in [4.78, 5) is 9.78. The van der Waals surface area contributed by atoms with Gasteiger partial charge in [-0.05, 0) is 43.5 Å². The van der Waals surface area contributed by atoms with Crippen LogP contribution in [0.15, 0.2) is 47.4 Å². The second-order valence-electron chi connectivity index (χ2n) is 8.61. The first kappa shape index (κ1) is 26.2. The average Bonchev–Trinajstić information content (AvgIpc) is 3.25. The Morgan fingerprint density at radius 2 is 1.89 bits per heavy atom. The molecule has 0 saturated heterocycles. The molecule has 8 nitrogen and oxygen atoms in total. The summed E-state index contributed by atoms with van der Waals surface area (Å²) in [5.41, 5.74) is 2.86. The van der Waals surface area contributed by atoms with Gasteiger partial charge in [0, 0.05) is 37.0 Å². The number of benzene rings is 2. The van der Waals surface area contributed by atoms with Crippen LogP contribution >= 0.6 is 11.6 Å². The maximum atomic E-state index is 12.8. The van der Waals surface area contributed by atoms with Crippen LogP contribution < -0.4 is 14.8 Å². The summed E-state index contributed by atoms with van der Waals surface area (Å²) in [5, 5.41) is 4.60. The summed E-state index contributed by atoms with van der Waals surface area (Å²) in [6.45, 7) is 3.21. The smallest absolute Gasteiger partial charge is 0.244 e. The number of para-hydroxylation sites is 1. The highest BCUT2D eigenvalue weighted by molar-refractivity contribution is 7.89. The minimum absolute atomic E-state index is 0.0403. The SMILES string of the molecule is CCCCc1nc2c(NC)nc3ccccc3c2n1CCCCNS(=O)(=O)c1cc(Cl)ccc1OC. The molecule has 0 aliphatic carbocycles. The summed E-state index contributed by atoms with van der Waals surface area (Å²) >= 11 is 6.02. The van der Waals surface area contributed by atoms with Crippen LogP contribution in [0.2, 0.25) is 5.02 Å². The molecule has 2 N–H and O–H groups in total. The number of pyridine rings is 1. The van der Waals surface area contributed by atoms with E-state index in [-0.39, 0.29) is 10.6 Å². The molecule has 0 unspecified atom stereocenters. The van der Waals surface area contributed by atoms with Crippen molar-refractivity contribution in [2.75, 3.05) is 26.0 Å². The predicted molar refractivity (Wildman–Crippen MR) is 146 cm³/mol. The van der Waals surface area contributed by atoms with Crippen molar-refractivity contribution >= 4 is 49.4 Å². The highest BCUT2D eigenvalue weighted by Gasteiger charge is 2.20. The second kappa shape index (κ2) is 11.5. The fourth-order valence-corrected chi connectivity index (χ4v) is 5.87. The molecule has 0 fully saturated rings. The molecule has 0 radical (unpaired) electrons. The number of methoxy groups -OCH3 is 1. The number of anilines is 1. The van der Waals surface area contributed by atoms with Crippen LogP contribution in [0.25, 0.3) is 21.9 Å². The van der Waals surface area contributed by atoms with Crippen molar-refractivity contribution in [2.45, 2.75) is 50.5 Å². The second-order valence-corrected chi connectivity index (χ2v) is 10.8. The van der Waals surface area contributed by atoms with Crippen molar-refractivity contribution in [1.82, 2.24) is 19.3 Å². The number of unbranched alkanes of at least 4 members (excludes halogenated alkanes) is 2. The number of imidazole rings is 1. The standard InChI is InChI=1S/C26H32ClN5O3S/c1-4-5-12-23-31-24-25(19-10-6-7-11-20(19)30-26(24)28-2)32(23)16-9-8-15-29-36(33,34)22-17-18(27)13-14-21(22)35-3/h6-7,10-11,13-14,17,29H,4-5,8-9,12,15-16H2,1-3H3,(H,28,30). The molecule has 0 atom stereocenters. The normalized spacial score (nSPS) is 11.9. The molecule has 2 aromatic carbocycles. The summed E-state index contributed by atoms with van der Waals surface area (Å²) in [6.07, 6.45) is 4.45. The Hall–Kier alpha value is -2.88. The van der Waals surface area contributed by atoms with Gasteiger partial charge in [-0.3, -0.25) is 0 Å². The molecule has 0 amide bonds. The molecule has 0 bridgehead atoms. The van der Waals surface area contributed by atoms with Gasteiger partial charge >= 0.3 is 0 Å². The first-order valence-electron chi connectivity index (χ1n) is 12.2. The average molecular weight is 530 g/mol. The van der Waals surface area contributed by atoms with Crippen LogP contribution in [-0.2, 0) is 23.0 Å². The molecule has 0 saturated carbocycles. The number of sulfonamides is 1. The molecule has 2 heterocycles. The van der Waals surface area contributed by atoms with E-state index in [1.54, 1.807) is 12.1 Å². The highest BCUT2D eigenvalue weighted by atomic mass is 35.5. The monoisotopic (exact) mass is 529 g/mol. The number of ether oxygens (including phenoxy) is 1. The van der Waals surface area contributed by atoms with Crippen LogP contribution in [0, 0.1) is 0 Å². The number of nitrogens with one attached hydrogen (secondary N) is 2. The number of aryl methyl sites for hydroxylation is 2. The molecule has 4 aromatic rings. The third-order valence-electron chi connectivity index (χ3n) is 6.17. The fraction of sp³-hybridized carbons (Fsp3) is 0.385. The molecule has 192 valence electrons. The van der Waals surface area contributed by atoms with E-state index in [9.17, 15) is 8.42 Å². The summed E-state index contributed by atoms with van der Waals surface area (Å²) in [5.74, 6) is 2.06. The van der Waals surface area contributed by atoms with Crippen molar-refractivity contribution in [2.24, 2.45) is 0 Å². The van der Waals surface area contributed by atoms with Crippen LogP contribution in [0.5, 0.6) is 5.75 Å². The Bertz CT molecular complexity index is 1470. The van der Waals surface area contributed by atoms with E-state index in [1.165, 1.54) is 13.2 Å². The van der Waals surface area contributed by atoms with Crippen LogP contribution in [0.1, 0.15) is 38.4 Å². The van der Waals surface area contributed by atoms with Gasteiger partial charge in [0.2, 0.25) is 10.0 Å². The van der Waals surface area contributed by atoms with Crippen LogP contribution in [0.3, 0.4) is 0 Å². The van der Waals surface area contributed by atoms with Gasteiger partial charge in [-0.2, -0.15) is 0 Å². The number of rotatable bonds is 12. The molecule has 0 aliphatic heterocycles. The largest absolute Gasteiger partial charge is 0.495 e. The van der Waals surface area contributed by atoms with E-state index in [0.717, 1.165) is 65.8 Å². The molecular formula is C26H32ClN5O3S. The zero-order chi connectivity index (χ0) is 25.7. The lowest BCUT2D eigenvalue weighted by atomic mass is 10.1. The third kappa shape index (κ3) is 5.43. The van der Waals surface area contributed by atoms with Crippen molar-refractivity contribution in [3.05, 3.63) is 53.3 Å². The van der Waals surface area contributed by atoms with Gasteiger partial charge in [-0.15, -0.1) is 0 Å². The number of hydrogen-bond acceptors (Lipinski definition) is 6. The van der Waals surface area contributed by atoms with E-state index in [0.29, 0.717) is 18.0 Å². The Morgan fingerprint density at radius 3 is 2.64 bits per heavy atom. The van der Waals surface area contributed by atoms with Gasteiger partial charge in [-0.1, -0.05) is 43.1 Å². The molecule has 36 heavy (non-hydrogen) atoms. The molecule has 10 heteroatoms. The van der Waals surface area contributed by atoms with Crippen molar-refractivity contribution in [3.63, 3.8) is 0 Å². The zero-order valence-electron chi connectivity index (χ0n) is 20.8. The maximum Gasteiger partial charge on any atom is 0.244 e. The van der Waals surface area contributed by atoms with Crippen LogP contribution in [-0.4, -0.2) is 43.7 Å². The highest BCUT2D eigenvalue weighted by Crippen LogP contribution is 2.31. The number of aromatic nitrogens is 3. The molecular weight excluding hydrogens is 498 g/mol. The van der Waals surface area contributed by atoms with Gasteiger partial charge in [0.1, 0.15) is 22.0 Å². The molecule has 2 aromatic heterocycles. The van der Waals surface area contributed by atoms with Crippen molar-refractivity contribution in [3.8, 4) is 5.75 Å². The van der Waals surface area contributed by atoms with E-state index in [4.69, 9.17) is 26.3 Å². The van der Waals surface area contributed by atoms with E-state index >= 15 is 0 Å². The maximum absolute atomic E-state index is 12.8. The topological polar surface area (TPSA) is 98.1 Å². The van der Waals surface area contributed by atoms with Crippen molar-refractivity contribution < 1.29 is 13.2 Å². The van der Waals surface area contributed by atoms with Gasteiger partial charge < -0.3 is 14.6 Å². The molecule has 0 aliphatic rings. The number of halogens is 1. The lowest BCUT2D eigenvalue weighted by Gasteiger charge is -2.13. The minimum atomic E-state index is -3.75. The third-order valence-corrected chi connectivity index (χ3v) is 7.89. The fourth-order valence-electron chi connectivity index (χ4n) is 4.36. The summed E-state index contributed by atoms with van der Waals surface area (Å²) in [7, 11) is -0.447. The first-order chi connectivity index (χ1) is 17.4. The lowest BCUT2D eigenvalue weighted by molar-refractivity contribution is 0.402. The van der Waals surface area contributed by atoms with Gasteiger partial charge in [0.25, 0.3) is 0 Å². The van der Waals surface area contributed by atoms with Crippen molar-refractivity contribution in [1.29, 1.82) is 0 Å². The Labute approximate surface area is 217 Å². The van der Waals surface area contributed by atoms with Gasteiger partial charge in [-0.25, -0.2) is 23.1 Å². The Kier molecular flexibility index (Phi) is 8.33. The summed E-state index contributed by atoms with van der Waals surface area (Å²) in [6, 6.07) is 12.7. The number of fused-ring (bicyclic) bond motifs is 3. The van der Waals surface area contributed by atoms with Gasteiger partial charge in [0.05, 0.1) is 18.1 Å². The first-order valence-corrected chi connectivity index (χ1v) is 14.0. The zero-order valence-corrected chi connectivity index (χ0v) is 22.4.